The second-order valence-electron chi connectivity index (χ2n) is 7.80. The normalized spacial score (nSPS) is 20.6. The minimum absolute atomic E-state index is 0.234. The zero-order chi connectivity index (χ0) is 21.0. The molecule has 2 aromatic heterocycles. The van der Waals surface area contributed by atoms with Crippen LogP contribution in [0.2, 0.25) is 0 Å². The molecule has 0 amide bonds. The van der Waals surface area contributed by atoms with Crippen LogP contribution in [0.5, 0.6) is 6.01 Å². The van der Waals surface area contributed by atoms with Gasteiger partial charge in [-0.1, -0.05) is 0 Å². The fourth-order valence-corrected chi connectivity index (χ4v) is 3.98. The Morgan fingerprint density at radius 1 is 1.30 bits per heavy atom. The van der Waals surface area contributed by atoms with Crippen LogP contribution in [0, 0.1) is 21.7 Å². The van der Waals surface area contributed by atoms with Crippen LogP contribution in [-0.2, 0) is 19.5 Å². The minimum atomic E-state index is -0.950. The Balaban J connectivity index is 1.29. The molecule has 2 aliphatic heterocycles. The standard InChI is InChI=1S/C19H17F2N5O4/c1-19(10-25-8-16(26(27)28)23-18(25)30-19)9-24-5-4-15-14(7-24)22-17(29-15)11-2-3-12(20)13(21)6-11/h2-3,6,8H,4-5,7,9-10H2,1H3/t19-/m0/s1. The molecule has 0 spiro atoms. The number of fused-ring (bicyclic) bond motifs is 2. The van der Waals surface area contributed by atoms with Crippen LogP contribution < -0.4 is 4.74 Å². The molecule has 0 unspecified atom stereocenters. The first-order valence-electron chi connectivity index (χ1n) is 9.37. The van der Waals surface area contributed by atoms with Crippen molar-refractivity contribution in [1.82, 2.24) is 19.4 Å². The van der Waals surface area contributed by atoms with Gasteiger partial charge < -0.3 is 19.3 Å². The van der Waals surface area contributed by atoms with Crippen molar-refractivity contribution in [3.63, 3.8) is 0 Å². The van der Waals surface area contributed by atoms with Crippen molar-refractivity contribution in [2.75, 3.05) is 13.1 Å². The van der Waals surface area contributed by atoms with Crippen molar-refractivity contribution in [1.29, 1.82) is 0 Å². The molecule has 0 aliphatic carbocycles. The lowest BCUT2D eigenvalue weighted by molar-refractivity contribution is -0.389. The summed E-state index contributed by atoms with van der Waals surface area (Å²) in [4.78, 5) is 20.8. The quantitative estimate of drug-likeness (QED) is 0.475. The number of hydrogen-bond donors (Lipinski definition) is 0. The van der Waals surface area contributed by atoms with Gasteiger partial charge in [-0.15, -0.1) is 0 Å². The summed E-state index contributed by atoms with van der Waals surface area (Å²) in [6.45, 7) is 4.17. The van der Waals surface area contributed by atoms with Crippen molar-refractivity contribution in [3.8, 4) is 17.5 Å². The third-order valence-electron chi connectivity index (χ3n) is 5.29. The summed E-state index contributed by atoms with van der Waals surface area (Å²) in [7, 11) is 0. The van der Waals surface area contributed by atoms with Gasteiger partial charge in [0.05, 0.1) is 12.2 Å². The Labute approximate surface area is 169 Å². The molecule has 2 aliphatic rings. The molecule has 4 heterocycles. The first-order chi connectivity index (χ1) is 14.3. The van der Waals surface area contributed by atoms with Crippen molar-refractivity contribution < 1.29 is 22.9 Å². The molecule has 0 radical (unpaired) electrons. The van der Waals surface area contributed by atoms with Crippen molar-refractivity contribution in [2.24, 2.45) is 0 Å². The molecule has 0 N–H and O–H groups in total. The number of hydrogen-bond acceptors (Lipinski definition) is 7. The van der Waals surface area contributed by atoms with E-state index in [4.69, 9.17) is 9.15 Å². The highest BCUT2D eigenvalue weighted by molar-refractivity contribution is 5.54. The molecule has 0 saturated carbocycles. The largest absolute Gasteiger partial charge is 0.441 e. The van der Waals surface area contributed by atoms with Gasteiger partial charge in [-0.2, -0.15) is 0 Å². The van der Waals surface area contributed by atoms with E-state index in [0.29, 0.717) is 38.2 Å². The molecular weight excluding hydrogens is 400 g/mol. The van der Waals surface area contributed by atoms with Gasteiger partial charge in [0, 0.05) is 36.6 Å². The van der Waals surface area contributed by atoms with E-state index in [1.807, 2.05) is 6.92 Å². The Morgan fingerprint density at radius 2 is 2.13 bits per heavy atom. The molecule has 5 rings (SSSR count). The van der Waals surface area contributed by atoms with E-state index in [1.54, 1.807) is 4.57 Å². The number of halogens is 2. The van der Waals surface area contributed by atoms with Crippen LogP contribution in [0.4, 0.5) is 14.6 Å². The fraction of sp³-hybridized carbons (Fsp3) is 0.368. The summed E-state index contributed by atoms with van der Waals surface area (Å²) in [5.74, 6) is -1.11. The molecule has 0 bridgehead atoms. The third-order valence-corrected chi connectivity index (χ3v) is 5.29. The van der Waals surface area contributed by atoms with E-state index in [0.717, 1.165) is 23.6 Å². The summed E-state index contributed by atoms with van der Waals surface area (Å²) in [5, 5.41) is 10.9. The average Bonchev–Trinajstić information content (AvgIpc) is 3.34. The third kappa shape index (κ3) is 3.20. The summed E-state index contributed by atoms with van der Waals surface area (Å²) >= 11 is 0. The van der Waals surface area contributed by atoms with E-state index < -0.39 is 22.2 Å². The van der Waals surface area contributed by atoms with Gasteiger partial charge in [0.25, 0.3) is 0 Å². The average molecular weight is 417 g/mol. The van der Waals surface area contributed by atoms with Gasteiger partial charge in [0.2, 0.25) is 5.89 Å². The lowest BCUT2D eigenvalue weighted by Gasteiger charge is -2.32. The van der Waals surface area contributed by atoms with E-state index in [1.165, 1.54) is 12.3 Å². The molecule has 30 heavy (non-hydrogen) atoms. The summed E-state index contributed by atoms with van der Waals surface area (Å²) in [6, 6.07) is 3.79. The van der Waals surface area contributed by atoms with E-state index in [9.17, 15) is 18.9 Å². The van der Waals surface area contributed by atoms with Crippen LogP contribution in [0.15, 0.2) is 28.8 Å². The van der Waals surface area contributed by atoms with Crippen LogP contribution in [0.25, 0.3) is 11.5 Å². The van der Waals surface area contributed by atoms with Gasteiger partial charge >= 0.3 is 11.8 Å². The first kappa shape index (κ1) is 18.7. The number of rotatable bonds is 4. The second kappa shape index (κ2) is 6.59. The summed E-state index contributed by atoms with van der Waals surface area (Å²) in [6.07, 6.45) is 2.00. The topological polar surface area (TPSA) is 99.5 Å². The van der Waals surface area contributed by atoms with Crippen LogP contribution in [0.1, 0.15) is 18.4 Å². The molecule has 9 nitrogen and oxygen atoms in total. The number of oxazole rings is 1. The molecule has 1 atom stereocenters. The van der Waals surface area contributed by atoms with Gasteiger partial charge in [0.15, 0.2) is 11.6 Å². The van der Waals surface area contributed by atoms with E-state index in [-0.39, 0.29) is 17.7 Å². The SMILES string of the molecule is C[C@]1(CN2CCc3oc(-c4ccc(F)c(F)c4)nc3C2)Cn2cc([N+](=O)[O-])nc2O1. The fourth-order valence-electron chi connectivity index (χ4n) is 3.98. The highest BCUT2D eigenvalue weighted by Gasteiger charge is 2.42. The number of nitrogens with zero attached hydrogens (tertiary/aromatic N) is 5. The van der Waals surface area contributed by atoms with Gasteiger partial charge in [-0.05, 0) is 30.0 Å². The van der Waals surface area contributed by atoms with Crippen LogP contribution in [0.3, 0.4) is 0 Å². The van der Waals surface area contributed by atoms with Crippen molar-refractivity contribution in [2.45, 2.75) is 32.0 Å². The van der Waals surface area contributed by atoms with Gasteiger partial charge in [0.1, 0.15) is 17.6 Å². The molecule has 0 fully saturated rings. The predicted octanol–water partition coefficient (Wildman–Crippen LogP) is 2.93. The van der Waals surface area contributed by atoms with E-state index in [2.05, 4.69) is 14.9 Å². The Hall–Kier alpha value is -3.34. The Kier molecular flexibility index (Phi) is 4.10. The Morgan fingerprint density at radius 3 is 2.87 bits per heavy atom. The summed E-state index contributed by atoms with van der Waals surface area (Å²) < 4.78 is 40.0. The molecule has 3 aromatic rings. The van der Waals surface area contributed by atoms with E-state index >= 15 is 0 Å². The maximum Gasteiger partial charge on any atom is 0.415 e. The highest BCUT2D eigenvalue weighted by Crippen LogP contribution is 2.33. The lowest BCUT2D eigenvalue weighted by atomic mass is 10.0. The molecule has 1 aromatic carbocycles. The monoisotopic (exact) mass is 417 g/mol. The molecular formula is C19H17F2N5O4. The molecule has 11 heteroatoms. The predicted molar refractivity (Wildman–Crippen MR) is 98.8 cm³/mol. The van der Waals surface area contributed by atoms with Crippen molar-refractivity contribution in [3.05, 3.63) is 57.6 Å². The van der Waals surface area contributed by atoms with Crippen LogP contribution in [-0.4, -0.2) is 43.0 Å². The number of aromatic nitrogens is 3. The van der Waals surface area contributed by atoms with Gasteiger partial charge in [-0.3, -0.25) is 9.47 Å². The highest BCUT2D eigenvalue weighted by atomic mass is 19.2. The maximum atomic E-state index is 13.5. The second-order valence-corrected chi connectivity index (χ2v) is 7.80. The number of imidazole rings is 1. The zero-order valence-electron chi connectivity index (χ0n) is 16.0. The smallest absolute Gasteiger partial charge is 0.415 e. The van der Waals surface area contributed by atoms with Crippen molar-refractivity contribution >= 4 is 5.82 Å². The first-order valence-corrected chi connectivity index (χ1v) is 9.37. The number of ether oxygens (including phenoxy) is 1. The summed E-state index contributed by atoms with van der Waals surface area (Å²) in [5.41, 5.74) is 0.547. The number of benzene rings is 1. The molecule has 0 saturated heterocycles. The zero-order valence-corrected chi connectivity index (χ0v) is 16.0. The van der Waals surface area contributed by atoms with Crippen LogP contribution >= 0.6 is 0 Å². The van der Waals surface area contributed by atoms with Gasteiger partial charge in [-0.25, -0.2) is 13.8 Å². The molecule has 156 valence electrons. The number of nitro groups is 1. The maximum absolute atomic E-state index is 13.5. The minimum Gasteiger partial charge on any atom is -0.441 e. The lowest BCUT2D eigenvalue weighted by Crippen LogP contribution is -2.46. The Bertz CT molecular complexity index is 1130.